The average Bonchev–Trinajstić information content (AvgIpc) is 2.74. The number of methoxy groups -OCH3 is 1. The molecule has 0 fully saturated rings. The summed E-state index contributed by atoms with van der Waals surface area (Å²) in [5.41, 5.74) is 3.76. The van der Waals surface area contributed by atoms with Crippen molar-refractivity contribution in [3.63, 3.8) is 0 Å². The van der Waals surface area contributed by atoms with Crippen molar-refractivity contribution in [1.82, 2.24) is 15.0 Å². The fourth-order valence-corrected chi connectivity index (χ4v) is 2.95. The predicted octanol–water partition coefficient (Wildman–Crippen LogP) is 4.61. The van der Waals surface area contributed by atoms with E-state index < -0.39 is 0 Å². The summed E-state index contributed by atoms with van der Waals surface area (Å²) in [6, 6.07) is 15.9. The molecule has 4 rings (SSSR count). The van der Waals surface area contributed by atoms with Crippen molar-refractivity contribution >= 4 is 34.2 Å². The van der Waals surface area contributed by atoms with Gasteiger partial charge in [-0.2, -0.15) is 0 Å². The predicted molar refractivity (Wildman–Crippen MR) is 109 cm³/mol. The van der Waals surface area contributed by atoms with E-state index >= 15 is 0 Å². The normalized spacial score (nSPS) is 10.6. The number of rotatable bonds is 4. The highest BCUT2D eigenvalue weighted by molar-refractivity contribution is 6.31. The van der Waals surface area contributed by atoms with Crippen LogP contribution in [-0.2, 0) is 0 Å². The molecule has 2 aromatic heterocycles. The minimum atomic E-state index is -0.322. The molecule has 0 saturated carbocycles. The molecule has 0 saturated heterocycles. The number of hydrogen-bond acceptors (Lipinski definition) is 5. The monoisotopic (exact) mass is 390 g/mol. The molecule has 7 heteroatoms. The zero-order valence-corrected chi connectivity index (χ0v) is 15.6. The molecule has 0 aliphatic heterocycles. The molecular formula is C21H15ClN4O2. The second kappa shape index (κ2) is 7.62. The molecule has 0 aliphatic rings. The minimum absolute atomic E-state index is 0.322. The van der Waals surface area contributed by atoms with Gasteiger partial charge in [-0.05, 0) is 48.5 Å². The van der Waals surface area contributed by atoms with Crippen LogP contribution in [0.2, 0.25) is 5.02 Å². The summed E-state index contributed by atoms with van der Waals surface area (Å²) >= 11 is 6.01. The molecule has 0 bridgehead atoms. The molecule has 0 spiro atoms. The number of anilines is 1. The maximum atomic E-state index is 12.6. The van der Waals surface area contributed by atoms with E-state index in [2.05, 4.69) is 20.3 Å². The zero-order chi connectivity index (χ0) is 19.5. The molecule has 0 unspecified atom stereocenters. The molecule has 6 nitrogen and oxygen atoms in total. The molecule has 138 valence electrons. The van der Waals surface area contributed by atoms with Crippen LogP contribution in [0.25, 0.3) is 22.4 Å². The Kier molecular flexibility index (Phi) is 4.87. The van der Waals surface area contributed by atoms with E-state index in [1.54, 1.807) is 48.8 Å². The summed E-state index contributed by atoms with van der Waals surface area (Å²) in [5.74, 6) is 0.124. The first kappa shape index (κ1) is 17.9. The summed E-state index contributed by atoms with van der Waals surface area (Å²) in [4.78, 5) is 25.9. The van der Waals surface area contributed by atoms with E-state index in [0.29, 0.717) is 38.8 Å². The van der Waals surface area contributed by atoms with Gasteiger partial charge in [0.05, 0.1) is 35.6 Å². The smallest absolute Gasteiger partial charge is 0.259 e. The van der Waals surface area contributed by atoms with Gasteiger partial charge >= 0.3 is 0 Å². The molecule has 4 aromatic rings. The van der Waals surface area contributed by atoms with E-state index in [0.717, 1.165) is 5.69 Å². The molecule has 0 aliphatic carbocycles. The van der Waals surface area contributed by atoms with Crippen LogP contribution < -0.4 is 10.1 Å². The third-order valence-electron chi connectivity index (χ3n) is 4.13. The Morgan fingerprint density at radius 3 is 2.68 bits per heavy atom. The Bertz CT molecular complexity index is 1170. The quantitative estimate of drug-likeness (QED) is 0.550. The summed E-state index contributed by atoms with van der Waals surface area (Å²) in [5, 5.41) is 3.30. The number of pyridine rings is 1. The van der Waals surface area contributed by atoms with E-state index in [4.69, 9.17) is 16.3 Å². The van der Waals surface area contributed by atoms with Crippen LogP contribution in [0.1, 0.15) is 10.4 Å². The molecule has 1 N–H and O–H groups in total. The number of nitrogens with one attached hydrogen (secondary N) is 1. The van der Waals surface area contributed by atoms with E-state index in [9.17, 15) is 4.79 Å². The number of ether oxygens (including phenoxy) is 1. The lowest BCUT2D eigenvalue weighted by atomic mass is 10.1. The highest BCUT2D eigenvalue weighted by atomic mass is 35.5. The maximum absolute atomic E-state index is 12.6. The number of benzene rings is 2. The van der Waals surface area contributed by atoms with Gasteiger partial charge < -0.3 is 10.1 Å². The van der Waals surface area contributed by atoms with Crippen LogP contribution in [-0.4, -0.2) is 28.0 Å². The van der Waals surface area contributed by atoms with Crippen LogP contribution >= 0.6 is 11.6 Å². The number of carbonyl (C=O) groups excluding carboxylic acids is 1. The Labute approximate surface area is 166 Å². The fourth-order valence-electron chi connectivity index (χ4n) is 2.78. The van der Waals surface area contributed by atoms with E-state index in [-0.39, 0.29) is 5.91 Å². The van der Waals surface area contributed by atoms with E-state index in [1.807, 2.05) is 18.2 Å². The molecule has 0 radical (unpaired) electrons. The fraction of sp³-hybridized carbons (Fsp3) is 0.0476. The Morgan fingerprint density at radius 2 is 1.89 bits per heavy atom. The third-order valence-corrected chi connectivity index (χ3v) is 4.37. The lowest BCUT2D eigenvalue weighted by Gasteiger charge is -2.10. The average molecular weight is 391 g/mol. The van der Waals surface area contributed by atoms with Gasteiger partial charge in [0.1, 0.15) is 11.4 Å². The largest absolute Gasteiger partial charge is 0.496 e. The van der Waals surface area contributed by atoms with Gasteiger partial charge in [0.25, 0.3) is 5.91 Å². The molecular weight excluding hydrogens is 376 g/mol. The lowest BCUT2D eigenvalue weighted by Crippen LogP contribution is -2.13. The summed E-state index contributed by atoms with van der Waals surface area (Å²) in [6.45, 7) is 0. The van der Waals surface area contributed by atoms with Gasteiger partial charge in [0, 0.05) is 16.9 Å². The Morgan fingerprint density at radius 1 is 1.00 bits per heavy atom. The van der Waals surface area contributed by atoms with Gasteiger partial charge in [0.15, 0.2) is 0 Å². The van der Waals surface area contributed by atoms with Crippen molar-refractivity contribution in [3.8, 4) is 17.1 Å². The summed E-state index contributed by atoms with van der Waals surface area (Å²) in [6.07, 6.45) is 3.38. The Balaban J connectivity index is 1.62. The van der Waals surface area contributed by atoms with Crippen molar-refractivity contribution in [1.29, 1.82) is 0 Å². The minimum Gasteiger partial charge on any atom is -0.496 e. The third kappa shape index (κ3) is 3.63. The van der Waals surface area contributed by atoms with Gasteiger partial charge in [-0.1, -0.05) is 17.7 Å². The van der Waals surface area contributed by atoms with Gasteiger partial charge in [-0.3, -0.25) is 14.8 Å². The van der Waals surface area contributed by atoms with Crippen molar-refractivity contribution in [2.24, 2.45) is 0 Å². The first-order chi connectivity index (χ1) is 13.6. The van der Waals surface area contributed by atoms with Crippen LogP contribution in [0, 0.1) is 0 Å². The Hall–Kier alpha value is -3.51. The van der Waals surface area contributed by atoms with Crippen molar-refractivity contribution < 1.29 is 9.53 Å². The molecule has 1 amide bonds. The first-order valence-electron chi connectivity index (χ1n) is 8.47. The highest BCUT2D eigenvalue weighted by Gasteiger charge is 2.14. The van der Waals surface area contributed by atoms with Crippen molar-refractivity contribution in [2.75, 3.05) is 12.4 Å². The number of carbonyl (C=O) groups is 1. The SMILES string of the molecule is COc1ccc(Cl)cc1C(=O)Nc1ccc2nc(-c3ccccn3)cnc2c1. The second-order valence-electron chi connectivity index (χ2n) is 5.97. The molecule has 2 heterocycles. The number of hydrogen-bond donors (Lipinski definition) is 1. The number of nitrogens with zero attached hydrogens (tertiary/aromatic N) is 3. The first-order valence-corrected chi connectivity index (χ1v) is 8.85. The van der Waals surface area contributed by atoms with E-state index in [1.165, 1.54) is 7.11 Å². The van der Waals surface area contributed by atoms with Crippen LogP contribution in [0.5, 0.6) is 5.75 Å². The van der Waals surface area contributed by atoms with Gasteiger partial charge in [-0.25, -0.2) is 4.98 Å². The number of halogens is 1. The van der Waals surface area contributed by atoms with Crippen LogP contribution in [0.15, 0.2) is 67.0 Å². The number of amides is 1. The summed E-state index contributed by atoms with van der Waals surface area (Å²) in [7, 11) is 1.50. The van der Waals surface area contributed by atoms with Gasteiger partial charge in [0.2, 0.25) is 0 Å². The maximum Gasteiger partial charge on any atom is 0.259 e. The highest BCUT2D eigenvalue weighted by Crippen LogP contribution is 2.25. The van der Waals surface area contributed by atoms with Gasteiger partial charge in [-0.15, -0.1) is 0 Å². The number of fused-ring (bicyclic) bond motifs is 1. The lowest BCUT2D eigenvalue weighted by molar-refractivity contribution is 0.102. The van der Waals surface area contributed by atoms with Crippen LogP contribution in [0.3, 0.4) is 0 Å². The topological polar surface area (TPSA) is 77.0 Å². The number of aromatic nitrogens is 3. The molecule has 28 heavy (non-hydrogen) atoms. The van der Waals surface area contributed by atoms with Crippen molar-refractivity contribution in [3.05, 3.63) is 77.6 Å². The van der Waals surface area contributed by atoms with Crippen LogP contribution in [0.4, 0.5) is 5.69 Å². The molecule has 0 atom stereocenters. The molecule has 2 aromatic carbocycles. The second-order valence-corrected chi connectivity index (χ2v) is 6.41. The van der Waals surface area contributed by atoms with Crippen molar-refractivity contribution in [2.45, 2.75) is 0 Å². The zero-order valence-electron chi connectivity index (χ0n) is 14.9. The standard InChI is InChI=1S/C21H15ClN4O2/c1-28-20-8-5-13(22)10-15(20)21(27)25-14-6-7-17-18(11-14)24-12-19(26-17)16-4-2-3-9-23-16/h2-12H,1H3,(H,25,27). The summed E-state index contributed by atoms with van der Waals surface area (Å²) < 4.78 is 5.24.